The van der Waals surface area contributed by atoms with Crippen molar-refractivity contribution in [3.8, 4) is 0 Å². The zero-order valence-corrected chi connectivity index (χ0v) is 12.5. The minimum atomic E-state index is -3.57. The molecular weight excluding hydrogens is 292 g/mol. The van der Waals surface area contributed by atoms with Crippen LogP contribution in [0, 0.1) is 0 Å². The van der Waals surface area contributed by atoms with Crippen molar-refractivity contribution in [2.75, 3.05) is 13.1 Å². The second-order valence-electron chi connectivity index (χ2n) is 4.40. The quantitative estimate of drug-likeness (QED) is 0.584. The summed E-state index contributed by atoms with van der Waals surface area (Å²) in [5.41, 5.74) is 1.09. The number of hydrogen-bond acceptors (Lipinski definition) is 6. The third-order valence-corrected chi connectivity index (χ3v) is 4.30. The lowest BCUT2D eigenvalue weighted by Gasteiger charge is -2.06. The van der Waals surface area contributed by atoms with Gasteiger partial charge in [-0.1, -0.05) is 24.3 Å². The maximum atomic E-state index is 12.1. The summed E-state index contributed by atoms with van der Waals surface area (Å²) >= 11 is 0. The number of tetrazole rings is 1. The summed E-state index contributed by atoms with van der Waals surface area (Å²) in [5, 5.41) is 16.2. The Morgan fingerprint density at radius 1 is 1.24 bits per heavy atom. The highest BCUT2D eigenvalue weighted by Crippen LogP contribution is 2.11. The predicted octanol–water partition coefficient (Wildman–Crippen LogP) is -0.170. The van der Waals surface area contributed by atoms with E-state index in [-0.39, 0.29) is 11.4 Å². The summed E-state index contributed by atoms with van der Waals surface area (Å²) < 4.78 is 26.6. The Morgan fingerprint density at radius 3 is 2.62 bits per heavy atom. The van der Waals surface area contributed by atoms with Crippen molar-refractivity contribution in [2.45, 2.75) is 24.8 Å². The average Bonchev–Trinajstić information content (AvgIpc) is 3.00. The molecular formula is C12H18N6O2S. The van der Waals surface area contributed by atoms with Gasteiger partial charge in [-0.05, 0) is 37.2 Å². The summed E-state index contributed by atoms with van der Waals surface area (Å²) in [6.45, 7) is 3.84. The molecule has 0 saturated carbocycles. The van der Waals surface area contributed by atoms with Gasteiger partial charge in [-0.15, -0.1) is 10.2 Å². The molecule has 3 N–H and O–H groups in total. The van der Waals surface area contributed by atoms with Gasteiger partial charge in [0, 0.05) is 0 Å². The fraction of sp³-hybridized carbons (Fsp3) is 0.417. The van der Waals surface area contributed by atoms with Crippen LogP contribution in [-0.2, 0) is 23.0 Å². The van der Waals surface area contributed by atoms with E-state index in [1.807, 2.05) is 19.1 Å². The Kier molecular flexibility index (Phi) is 5.37. The molecule has 0 amide bonds. The van der Waals surface area contributed by atoms with E-state index in [1.54, 1.807) is 12.1 Å². The molecule has 114 valence electrons. The van der Waals surface area contributed by atoms with Crippen LogP contribution in [0.2, 0.25) is 0 Å². The third kappa shape index (κ3) is 4.59. The van der Waals surface area contributed by atoms with Crippen LogP contribution in [0.4, 0.5) is 0 Å². The van der Waals surface area contributed by atoms with Gasteiger partial charge >= 0.3 is 0 Å². The number of aromatic nitrogens is 4. The van der Waals surface area contributed by atoms with Gasteiger partial charge in [-0.3, -0.25) is 0 Å². The first-order valence-corrected chi connectivity index (χ1v) is 8.12. The predicted molar refractivity (Wildman–Crippen MR) is 76.9 cm³/mol. The normalized spacial score (nSPS) is 11.7. The molecule has 0 aliphatic rings. The van der Waals surface area contributed by atoms with Gasteiger partial charge < -0.3 is 5.32 Å². The van der Waals surface area contributed by atoms with E-state index >= 15 is 0 Å². The Hall–Kier alpha value is -1.84. The van der Waals surface area contributed by atoms with E-state index in [2.05, 4.69) is 30.7 Å². The number of sulfonamides is 1. The van der Waals surface area contributed by atoms with Crippen LogP contribution in [0.3, 0.4) is 0 Å². The lowest BCUT2D eigenvalue weighted by Crippen LogP contribution is -2.24. The van der Waals surface area contributed by atoms with E-state index in [0.717, 1.165) is 25.1 Å². The van der Waals surface area contributed by atoms with E-state index < -0.39 is 10.0 Å². The zero-order chi connectivity index (χ0) is 15.1. The largest absolute Gasteiger partial charge is 0.317 e. The molecule has 0 atom stereocenters. The van der Waals surface area contributed by atoms with Crippen molar-refractivity contribution in [1.29, 1.82) is 0 Å². The molecule has 0 unspecified atom stereocenters. The molecule has 0 aliphatic heterocycles. The van der Waals surface area contributed by atoms with E-state index in [9.17, 15) is 8.42 Å². The fourth-order valence-corrected chi connectivity index (χ4v) is 2.73. The number of nitrogens with one attached hydrogen (secondary N) is 3. The van der Waals surface area contributed by atoms with Crippen LogP contribution < -0.4 is 10.0 Å². The SMILES string of the molecule is CCNCCc1ccc(S(=O)(=O)NCc2nn[nH]n2)cc1. The number of aromatic amines is 1. The zero-order valence-electron chi connectivity index (χ0n) is 11.7. The summed E-state index contributed by atoms with van der Waals surface area (Å²) in [7, 11) is -3.57. The summed E-state index contributed by atoms with van der Waals surface area (Å²) in [4.78, 5) is 0.221. The van der Waals surface area contributed by atoms with Gasteiger partial charge in [0.25, 0.3) is 0 Å². The van der Waals surface area contributed by atoms with Crippen molar-refractivity contribution < 1.29 is 8.42 Å². The lowest BCUT2D eigenvalue weighted by molar-refractivity contribution is 0.579. The molecule has 2 rings (SSSR count). The number of hydrogen-bond donors (Lipinski definition) is 3. The first kappa shape index (κ1) is 15.5. The Bertz CT molecular complexity index is 639. The number of H-pyrrole nitrogens is 1. The summed E-state index contributed by atoms with van der Waals surface area (Å²) in [5.74, 6) is 0.292. The highest BCUT2D eigenvalue weighted by molar-refractivity contribution is 7.89. The molecule has 21 heavy (non-hydrogen) atoms. The Morgan fingerprint density at radius 2 is 2.00 bits per heavy atom. The van der Waals surface area contributed by atoms with Crippen LogP contribution in [0.5, 0.6) is 0 Å². The standard InChI is InChI=1S/C12H18N6O2S/c1-2-13-8-7-10-3-5-11(6-4-10)21(19,20)14-9-12-15-17-18-16-12/h3-6,13-14H,2,7-9H2,1H3,(H,15,16,17,18). The fourth-order valence-electron chi connectivity index (χ4n) is 1.75. The molecule has 0 bridgehead atoms. The monoisotopic (exact) mass is 310 g/mol. The highest BCUT2D eigenvalue weighted by atomic mass is 32.2. The van der Waals surface area contributed by atoms with Crippen LogP contribution in [0.1, 0.15) is 18.3 Å². The number of benzene rings is 1. The van der Waals surface area contributed by atoms with E-state index in [1.165, 1.54) is 0 Å². The first-order valence-electron chi connectivity index (χ1n) is 6.63. The van der Waals surface area contributed by atoms with Crippen LogP contribution in [0.15, 0.2) is 29.2 Å². The van der Waals surface area contributed by atoms with Crippen molar-refractivity contribution in [1.82, 2.24) is 30.7 Å². The molecule has 0 saturated heterocycles. The molecule has 1 heterocycles. The molecule has 1 aromatic heterocycles. The van der Waals surface area contributed by atoms with Crippen molar-refractivity contribution in [2.24, 2.45) is 0 Å². The maximum absolute atomic E-state index is 12.1. The Balaban J connectivity index is 1.96. The number of likely N-dealkylation sites (N-methyl/N-ethyl adjacent to an activating group) is 1. The number of nitrogens with zero attached hydrogens (tertiary/aromatic N) is 3. The molecule has 8 nitrogen and oxygen atoms in total. The number of rotatable bonds is 8. The van der Waals surface area contributed by atoms with Gasteiger partial charge in [-0.2, -0.15) is 5.21 Å². The molecule has 0 fully saturated rings. The molecule has 2 aromatic rings. The van der Waals surface area contributed by atoms with Crippen molar-refractivity contribution in [3.05, 3.63) is 35.7 Å². The summed E-state index contributed by atoms with van der Waals surface area (Å²) in [6, 6.07) is 6.83. The molecule has 1 aromatic carbocycles. The van der Waals surface area contributed by atoms with Crippen LogP contribution in [-0.4, -0.2) is 42.1 Å². The van der Waals surface area contributed by atoms with E-state index in [4.69, 9.17) is 0 Å². The topological polar surface area (TPSA) is 113 Å². The summed E-state index contributed by atoms with van der Waals surface area (Å²) in [6.07, 6.45) is 0.866. The van der Waals surface area contributed by atoms with Gasteiger partial charge in [0.2, 0.25) is 10.0 Å². The van der Waals surface area contributed by atoms with Gasteiger partial charge in [0.05, 0.1) is 11.4 Å². The molecule has 0 aliphatic carbocycles. The van der Waals surface area contributed by atoms with Gasteiger partial charge in [-0.25, -0.2) is 13.1 Å². The Labute approximate surface area is 123 Å². The molecule has 0 radical (unpaired) electrons. The van der Waals surface area contributed by atoms with Crippen LogP contribution in [0.25, 0.3) is 0 Å². The van der Waals surface area contributed by atoms with Crippen molar-refractivity contribution >= 4 is 10.0 Å². The minimum absolute atomic E-state index is 0.000997. The van der Waals surface area contributed by atoms with E-state index in [0.29, 0.717) is 5.82 Å². The second-order valence-corrected chi connectivity index (χ2v) is 6.17. The van der Waals surface area contributed by atoms with Gasteiger partial charge in [0.1, 0.15) is 0 Å². The van der Waals surface area contributed by atoms with Gasteiger partial charge in [0.15, 0.2) is 5.82 Å². The average molecular weight is 310 g/mol. The minimum Gasteiger partial charge on any atom is -0.317 e. The molecule has 9 heteroatoms. The lowest BCUT2D eigenvalue weighted by atomic mass is 10.1. The smallest absolute Gasteiger partial charge is 0.240 e. The second kappa shape index (κ2) is 7.25. The maximum Gasteiger partial charge on any atom is 0.240 e. The third-order valence-electron chi connectivity index (χ3n) is 2.88. The highest BCUT2D eigenvalue weighted by Gasteiger charge is 2.14. The molecule has 0 spiro atoms. The first-order chi connectivity index (χ1) is 10.1. The van der Waals surface area contributed by atoms with Crippen LogP contribution >= 0.6 is 0 Å². The van der Waals surface area contributed by atoms with Crippen molar-refractivity contribution in [3.63, 3.8) is 0 Å².